The van der Waals surface area contributed by atoms with Gasteiger partial charge in [0.25, 0.3) is 0 Å². The van der Waals surface area contributed by atoms with E-state index in [2.05, 4.69) is 17.4 Å². The van der Waals surface area contributed by atoms with Gasteiger partial charge in [0.05, 0.1) is 12.5 Å². The van der Waals surface area contributed by atoms with Crippen LogP contribution in [-0.2, 0) is 9.59 Å². The minimum atomic E-state index is -0.380. The third-order valence-electron chi connectivity index (χ3n) is 5.35. The van der Waals surface area contributed by atoms with Crippen LogP contribution < -0.4 is 11.1 Å². The summed E-state index contributed by atoms with van der Waals surface area (Å²) in [6.07, 6.45) is 0.208. The van der Waals surface area contributed by atoms with Gasteiger partial charge < -0.3 is 16.0 Å². The van der Waals surface area contributed by atoms with Crippen LogP contribution in [0.1, 0.15) is 36.4 Å². The van der Waals surface area contributed by atoms with Crippen LogP contribution in [0.4, 0.5) is 0 Å². The van der Waals surface area contributed by atoms with Crippen LogP contribution in [0, 0.1) is 5.92 Å². The summed E-state index contributed by atoms with van der Waals surface area (Å²) in [5.41, 5.74) is 8.06. The number of carbonyl (C=O) groups excluding carboxylic acids is 2. The van der Waals surface area contributed by atoms with Gasteiger partial charge in [-0.3, -0.25) is 9.59 Å². The smallest absolute Gasteiger partial charge is 0.225 e. The highest BCUT2D eigenvalue weighted by Gasteiger charge is 2.35. The Hall–Kier alpha value is -2.08. The van der Waals surface area contributed by atoms with Gasteiger partial charge in [-0.25, -0.2) is 0 Å². The molecule has 3 N–H and O–H groups in total. The molecule has 0 aliphatic carbocycles. The van der Waals surface area contributed by atoms with Crippen molar-refractivity contribution in [3.05, 3.63) is 70.7 Å². The van der Waals surface area contributed by atoms with Crippen molar-refractivity contribution in [3.63, 3.8) is 0 Å². The van der Waals surface area contributed by atoms with Gasteiger partial charge in [0, 0.05) is 31.0 Å². The van der Waals surface area contributed by atoms with E-state index in [1.54, 1.807) is 12.1 Å². The largest absolute Gasteiger partial charge is 0.349 e. The van der Waals surface area contributed by atoms with E-state index < -0.39 is 0 Å². The monoisotopic (exact) mass is 435 g/mol. The summed E-state index contributed by atoms with van der Waals surface area (Å²) < 4.78 is 0. The number of benzene rings is 2. The quantitative estimate of drug-likeness (QED) is 0.728. The highest BCUT2D eigenvalue weighted by molar-refractivity contribution is 6.30. The Kier molecular flexibility index (Phi) is 8.50. The number of halogens is 2. The maximum absolute atomic E-state index is 13.0. The van der Waals surface area contributed by atoms with Gasteiger partial charge in [-0.15, -0.1) is 12.4 Å². The Morgan fingerprint density at radius 1 is 1.14 bits per heavy atom. The van der Waals surface area contributed by atoms with Crippen molar-refractivity contribution in [2.24, 2.45) is 11.7 Å². The summed E-state index contributed by atoms with van der Waals surface area (Å²) >= 11 is 5.96. The lowest BCUT2D eigenvalue weighted by molar-refractivity contribution is -0.131. The third kappa shape index (κ3) is 5.95. The zero-order valence-corrected chi connectivity index (χ0v) is 18.0. The van der Waals surface area contributed by atoms with E-state index in [0.29, 0.717) is 24.7 Å². The van der Waals surface area contributed by atoms with Crippen LogP contribution in [0.15, 0.2) is 54.6 Å². The lowest BCUT2D eigenvalue weighted by Gasteiger charge is -2.22. The Labute approximate surface area is 183 Å². The third-order valence-corrected chi connectivity index (χ3v) is 5.60. The van der Waals surface area contributed by atoms with E-state index >= 15 is 0 Å². The number of carbonyl (C=O) groups is 2. The van der Waals surface area contributed by atoms with Gasteiger partial charge in [0.2, 0.25) is 11.8 Å². The minimum absolute atomic E-state index is 0. The summed E-state index contributed by atoms with van der Waals surface area (Å²) in [5.74, 6) is 0.327. The summed E-state index contributed by atoms with van der Waals surface area (Å²) in [7, 11) is 0. The molecule has 2 aromatic carbocycles. The molecule has 0 radical (unpaired) electrons. The average molecular weight is 436 g/mol. The molecule has 5 nitrogen and oxygen atoms in total. The second-order valence-corrected chi connectivity index (χ2v) is 7.76. The number of amides is 2. The second-order valence-electron chi connectivity index (χ2n) is 7.32. The summed E-state index contributed by atoms with van der Waals surface area (Å²) in [6.45, 7) is 3.29. The van der Waals surface area contributed by atoms with Crippen molar-refractivity contribution < 1.29 is 9.59 Å². The second kappa shape index (κ2) is 10.6. The molecule has 2 aromatic rings. The molecule has 7 heteroatoms. The van der Waals surface area contributed by atoms with Crippen LogP contribution in [0.2, 0.25) is 5.02 Å². The zero-order valence-electron chi connectivity index (χ0n) is 16.4. The first kappa shape index (κ1) is 23.2. The predicted octanol–water partition coefficient (Wildman–Crippen LogP) is 3.53. The van der Waals surface area contributed by atoms with E-state index in [0.717, 1.165) is 5.56 Å². The van der Waals surface area contributed by atoms with Crippen LogP contribution in [0.5, 0.6) is 0 Å². The molecule has 3 rings (SSSR count). The van der Waals surface area contributed by atoms with E-state index in [-0.39, 0.29) is 48.5 Å². The summed E-state index contributed by atoms with van der Waals surface area (Å²) in [6, 6.07) is 17.0. The first-order valence-electron chi connectivity index (χ1n) is 9.53. The number of nitrogens with zero attached hydrogens (tertiary/aromatic N) is 1. The van der Waals surface area contributed by atoms with E-state index in [4.69, 9.17) is 17.3 Å². The van der Waals surface area contributed by atoms with Crippen LogP contribution >= 0.6 is 24.0 Å². The first-order valence-corrected chi connectivity index (χ1v) is 9.91. The Balaban J connectivity index is 0.00000300. The molecule has 1 saturated heterocycles. The van der Waals surface area contributed by atoms with Gasteiger partial charge >= 0.3 is 0 Å². The van der Waals surface area contributed by atoms with Gasteiger partial charge in [-0.2, -0.15) is 0 Å². The molecular weight excluding hydrogens is 409 g/mol. The number of rotatable bonds is 6. The minimum Gasteiger partial charge on any atom is -0.349 e. The highest BCUT2D eigenvalue weighted by Crippen LogP contribution is 2.33. The fourth-order valence-electron chi connectivity index (χ4n) is 3.89. The normalized spacial score (nSPS) is 19.3. The fourth-order valence-corrected chi connectivity index (χ4v) is 4.01. The van der Waals surface area contributed by atoms with E-state index in [1.165, 1.54) is 12.5 Å². The zero-order chi connectivity index (χ0) is 20.1. The standard InChI is InChI=1S/C22H26ClN3O2.ClH/c1-15(27)25-21(17-7-9-19(23)10-8-17)11-22(28)26-13-18(12-24)20(14-26)16-5-3-2-4-6-16;/h2-10,18,20-21H,11-14,24H2,1H3,(H,25,27);1H/t18-,20+,21?;/m1./s1. The molecular formula is C22H27Cl2N3O2. The van der Waals surface area contributed by atoms with Gasteiger partial charge in [-0.1, -0.05) is 54.1 Å². The van der Waals surface area contributed by atoms with Crippen molar-refractivity contribution in [2.45, 2.75) is 25.3 Å². The fraction of sp³-hybridized carbons (Fsp3) is 0.364. The molecule has 1 aliphatic rings. The molecule has 0 spiro atoms. The van der Waals surface area contributed by atoms with E-state index in [1.807, 2.05) is 35.2 Å². The highest BCUT2D eigenvalue weighted by atomic mass is 35.5. The molecule has 1 heterocycles. The summed E-state index contributed by atoms with van der Waals surface area (Å²) in [5, 5.41) is 3.50. The molecule has 0 saturated carbocycles. The van der Waals surface area contributed by atoms with Crippen molar-refractivity contribution in [1.82, 2.24) is 10.2 Å². The lowest BCUT2D eigenvalue weighted by atomic mass is 9.89. The molecule has 1 unspecified atom stereocenters. The van der Waals surface area contributed by atoms with Gasteiger partial charge in [0.1, 0.15) is 0 Å². The SMILES string of the molecule is CC(=O)NC(CC(=O)N1C[C@@H](CN)[C@H](c2ccccc2)C1)c1ccc(Cl)cc1.Cl. The molecule has 156 valence electrons. The predicted molar refractivity (Wildman–Crippen MR) is 118 cm³/mol. The van der Waals surface area contributed by atoms with Crippen molar-refractivity contribution >= 4 is 35.8 Å². The Morgan fingerprint density at radius 2 is 1.79 bits per heavy atom. The van der Waals surface area contributed by atoms with Crippen LogP contribution in [-0.4, -0.2) is 36.3 Å². The molecule has 2 amide bonds. The number of likely N-dealkylation sites (tertiary alicyclic amines) is 1. The molecule has 0 bridgehead atoms. The Morgan fingerprint density at radius 3 is 2.38 bits per heavy atom. The lowest BCUT2D eigenvalue weighted by Crippen LogP contribution is -2.35. The van der Waals surface area contributed by atoms with Crippen molar-refractivity contribution in [2.75, 3.05) is 19.6 Å². The first-order chi connectivity index (χ1) is 13.5. The molecule has 29 heavy (non-hydrogen) atoms. The van der Waals surface area contributed by atoms with Crippen LogP contribution in [0.3, 0.4) is 0 Å². The number of nitrogens with one attached hydrogen (secondary N) is 1. The number of hydrogen-bond acceptors (Lipinski definition) is 3. The molecule has 1 aliphatic heterocycles. The maximum atomic E-state index is 13.0. The number of nitrogens with two attached hydrogens (primary N) is 1. The van der Waals surface area contributed by atoms with Crippen molar-refractivity contribution in [1.29, 1.82) is 0 Å². The Bertz CT molecular complexity index is 815. The van der Waals surface area contributed by atoms with E-state index in [9.17, 15) is 9.59 Å². The van der Waals surface area contributed by atoms with Crippen molar-refractivity contribution in [3.8, 4) is 0 Å². The topological polar surface area (TPSA) is 75.4 Å². The molecule has 3 atom stereocenters. The summed E-state index contributed by atoms with van der Waals surface area (Å²) in [4.78, 5) is 26.6. The average Bonchev–Trinajstić information content (AvgIpc) is 3.13. The van der Waals surface area contributed by atoms with Gasteiger partial charge in [-0.05, 0) is 35.7 Å². The molecule has 0 aromatic heterocycles. The van der Waals surface area contributed by atoms with Gasteiger partial charge in [0.15, 0.2) is 0 Å². The van der Waals surface area contributed by atoms with Crippen LogP contribution in [0.25, 0.3) is 0 Å². The maximum Gasteiger partial charge on any atom is 0.225 e. The molecule has 1 fully saturated rings. The number of hydrogen-bond donors (Lipinski definition) is 2.